The van der Waals surface area contributed by atoms with Crippen molar-refractivity contribution in [1.29, 1.82) is 0 Å². The second kappa shape index (κ2) is 5.13. The third-order valence-electron chi connectivity index (χ3n) is 3.27. The Morgan fingerprint density at radius 1 is 0.900 bits per heavy atom. The molecule has 2 N–H and O–H groups in total. The summed E-state index contributed by atoms with van der Waals surface area (Å²) >= 11 is 0. The van der Waals surface area contributed by atoms with Crippen LogP contribution in [-0.4, -0.2) is 12.2 Å². The Balaban J connectivity index is 2.13. The number of rotatable bonds is 3. The van der Waals surface area contributed by atoms with Crippen LogP contribution in [0.1, 0.15) is 0 Å². The van der Waals surface area contributed by atoms with Crippen LogP contribution in [0, 0.1) is 0 Å². The first kappa shape index (κ1) is 12.4. The van der Waals surface area contributed by atoms with Crippen molar-refractivity contribution < 1.29 is 9.84 Å². The Morgan fingerprint density at radius 3 is 2.50 bits per heavy atom. The summed E-state index contributed by atoms with van der Waals surface area (Å²) < 4.78 is 5.33. The first-order valence-corrected chi connectivity index (χ1v) is 6.40. The van der Waals surface area contributed by atoms with Gasteiger partial charge in [0.1, 0.15) is 11.5 Å². The molecule has 0 saturated heterocycles. The number of nitrogens with one attached hydrogen (secondary N) is 1. The number of anilines is 2. The van der Waals surface area contributed by atoms with Crippen molar-refractivity contribution in [3.63, 3.8) is 0 Å². The molecule has 0 aliphatic carbocycles. The zero-order chi connectivity index (χ0) is 13.9. The molecule has 3 rings (SSSR count). The lowest BCUT2D eigenvalue weighted by atomic mass is 10.1. The molecule has 20 heavy (non-hydrogen) atoms. The van der Waals surface area contributed by atoms with Crippen LogP contribution >= 0.6 is 0 Å². The Hall–Kier alpha value is -2.68. The third-order valence-corrected chi connectivity index (χ3v) is 3.27. The van der Waals surface area contributed by atoms with E-state index < -0.39 is 0 Å². The molecule has 0 heterocycles. The highest BCUT2D eigenvalue weighted by Crippen LogP contribution is 2.36. The number of ether oxygens (including phenoxy) is 1. The SMILES string of the molecule is COc1ccccc1Nc1c(O)ccc2ccccc12. The van der Waals surface area contributed by atoms with Gasteiger partial charge in [-0.1, -0.05) is 42.5 Å². The standard InChI is InChI=1S/C17H15NO2/c1-20-16-9-5-4-8-14(16)18-17-13-7-3-2-6-12(13)10-11-15(17)19/h2-11,18-19H,1H3. The molecule has 0 fully saturated rings. The summed E-state index contributed by atoms with van der Waals surface area (Å²) in [6.45, 7) is 0. The van der Waals surface area contributed by atoms with Gasteiger partial charge in [0.25, 0.3) is 0 Å². The number of benzene rings is 3. The molecule has 0 unspecified atom stereocenters. The number of hydrogen-bond donors (Lipinski definition) is 2. The summed E-state index contributed by atoms with van der Waals surface area (Å²) in [7, 11) is 1.63. The molecule has 100 valence electrons. The lowest BCUT2D eigenvalue weighted by Crippen LogP contribution is -1.95. The molecule has 0 aromatic heterocycles. The molecule has 0 radical (unpaired) electrons. The van der Waals surface area contributed by atoms with Crippen molar-refractivity contribution in [1.82, 2.24) is 0 Å². The molecule has 0 aliphatic heterocycles. The topological polar surface area (TPSA) is 41.5 Å². The number of fused-ring (bicyclic) bond motifs is 1. The Labute approximate surface area is 117 Å². The lowest BCUT2D eigenvalue weighted by Gasteiger charge is -2.14. The largest absolute Gasteiger partial charge is 0.506 e. The normalized spacial score (nSPS) is 10.4. The lowest BCUT2D eigenvalue weighted by molar-refractivity contribution is 0.417. The maximum atomic E-state index is 10.1. The molecule has 0 amide bonds. The van der Waals surface area contributed by atoms with E-state index in [0.29, 0.717) is 5.69 Å². The predicted molar refractivity (Wildman–Crippen MR) is 81.9 cm³/mol. The zero-order valence-electron chi connectivity index (χ0n) is 11.1. The molecule has 0 atom stereocenters. The van der Waals surface area contributed by atoms with Gasteiger partial charge < -0.3 is 15.2 Å². The average molecular weight is 265 g/mol. The fourth-order valence-corrected chi connectivity index (χ4v) is 2.27. The number of hydrogen-bond acceptors (Lipinski definition) is 3. The Morgan fingerprint density at radius 2 is 1.65 bits per heavy atom. The summed E-state index contributed by atoms with van der Waals surface area (Å²) in [5.41, 5.74) is 1.51. The molecule has 0 saturated carbocycles. The number of methoxy groups -OCH3 is 1. The van der Waals surface area contributed by atoms with Crippen LogP contribution in [-0.2, 0) is 0 Å². The van der Waals surface area contributed by atoms with Gasteiger partial charge in [0.2, 0.25) is 0 Å². The highest BCUT2D eigenvalue weighted by atomic mass is 16.5. The maximum absolute atomic E-state index is 10.1. The summed E-state index contributed by atoms with van der Waals surface area (Å²) in [5, 5.41) is 15.4. The van der Waals surface area contributed by atoms with Gasteiger partial charge in [0.05, 0.1) is 18.5 Å². The van der Waals surface area contributed by atoms with Crippen LogP contribution in [0.3, 0.4) is 0 Å². The van der Waals surface area contributed by atoms with Crippen molar-refractivity contribution in [3.05, 3.63) is 60.7 Å². The molecule has 3 nitrogen and oxygen atoms in total. The van der Waals surface area contributed by atoms with Gasteiger partial charge in [-0.05, 0) is 23.6 Å². The second-order valence-electron chi connectivity index (χ2n) is 4.51. The molecule has 0 aliphatic rings. The molecular formula is C17H15NO2. The Bertz CT molecular complexity index is 753. The summed E-state index contributed by atoms with van der Waals surface area (Å²) in [6, 6.07) is 19.2. The molecule has 3 aromatic carbocycles. The minimum atomic E-state index is 0.217. The highest BCUT2D eigenvalue weighted by Gasteiger charge is 2.09. The number of aromatic hydroxyl groups is 1. The zero-order valence-corrected chi connectivity index (χ0v) is 11.1. The first-order valence-electron chi connectivity index (χ1n) is 6.40. The number of para-hydroxylation sites is 2. The van der Waals surface area contributed by atoms with E-state index in [-0.39, 0.29) is 5.75 Å². The van der Waals surface area contributed by atoms with Crippen LogP contribution in [0.5, 0.6) is 11.5 Å². The van der Waals surface area contributed by atoms with Crippen LogP contribution < -0.4 is 10.1 Å². The van der Waals surface area contributed by atoms with Crippen molar-refractivity contribution in [3.8, 4) is 11.5 Å². The molecule has 0 spiro atoms. The van der Waals surface area contributed by atoms with Crippen molar-refractivity contribution in [2.24, 2.45) is 0 Å². The van der Waals surface area contributed by atoms with Gasteiger partial charge in [-0.25, -0.2) is 0 Å². The molecular weight excluding hydrogens is 250 g/mol. The minimum absolute atomic E-state index is 0.217. The summed E-state index contributed by atoms with van der Waals surface area (Å²) in [4.78, 5) is 0. The number of phenols is 1. The molecule has 3 heteroatoms. The highest BCUT2D eigenvalue weighted by molar-refractivity contribution is 5.98. The smallest absolute Gasteiger partial charge is 0.142 e. The monoisotopic (exact) mass is 265 g/mol. The van der Waals surface area contributed by atoms with Gasteiger partial charge in [-0.3, -0.25) is 0 Å². The van der Waals surface area contributed by atoms with E-state index >= 15 is 0 Å². The van der Waals surface area contributed by atoms with Gasteiger partial charge in [0.15, 0.2) is 0 Å². The van der Waals surface area contributed by atoms with Gasteiger partial charge in [-0.15, -0.1) is 0 Å². The minimum Gasteiger partial charge on any atom is -0.506 e. The fourth-order valence-electron chi connectivity index (χ4n) is 2.27. The van der Waals surface area contributed by atoms with Gasteiger partial charge in [-0.2, -0.15) is 0 Å². The second-order valence-corrected chi connectivity index (χ2v) is 4.51. The van der Waals surface area contributed by atoms with Gasteiger partial charge in [0, 0.05) is 5.39 Å². The van der Waals surface area contributed by atoms with E-state index in [1.165, 1.54) is 0 Å². The Kier molecular flexibility index (Phi) is 3.17. The van der Waals surface area contributed by atoms with E-state index in [1.54, 1.807) is 13.2 Å². The van der Waals surface area contributed by atoms with E-state index in [1.807, 2.05) is 54.6 Å². The predicted octanol–water partition coefficient (Wildman–Crippen LogP) is 4.30. The van der Waals surface area contributed by atoms with Crippen molar-refractivity contribution in [2.45, 2.75) is 0 Å². The third kappa shape index (κ3) is 2.14. The van der Waals surface area contributed by atoms with Crippen LogP contribution in [0.15, 0.2) is 60.7 Å². The van der Waals surface area contributed by atoms with Crippen LogP contribution in [0.25, 0.3) is 10.8 Å². The molecule has 3 aromatic rings. The van der Waals surface area contributed by atoms with Crippen LogP contribution in [0.2, 0.25) is 0 Å². The first-order chi connectivity index (χ1) is 9.79. The van der Waals surface area contributed by atoms with E-state index in [9.17, 15) is 5.11 Å². The van der Waals surface area contributed by atoms with Gasteiger partial charge >= 0.3 is 0 Å². The summed E-state index contributed by atoms with van der Waals surface area (Å²) in [5.74, 6) is 0.953. The quantitative estimate of drug-likeness (QED) is 0.694. The van der Waals surface area contributed by atoms with E-state index in [4.69, 9.17) is 4.74 Å². The van der Waals surface area contributed by atoms with E-state index in [0.717, 1.165) is 22.2 Å². The van der Waals surface area contributed by atoms with Crippen molar-refractivity contribution in [2.75, 3.05) is 12.4 Å². The number of phenolic OH excluding ortho intramolecular Hbond substituents is 1. The van der Waals surface area contributed by atoms with E-state index in [2.05, 4.69) is 5.32 Å². The van der Waals surface area contributed by atoms with Crippen LogP contribution in [0.4, 0.5) is 11.4 Å². The maximum Gasteiger partial charge on any atom is 0.142 e. The van der Waals surface area contributed by atoms with Crippen molar-refractivity contribution >= 4 is 22.1 Å². The fraction of sp³-hybridized carbons (Fsp3) is 0.0588. The molecule has 0 bridgehead atoms. The summed E-state index contributed by atoms with van der Waals surface area (Å²) in [6.07, 6.45) is 0. The average Bonchev–Trinajstić information content (AvgIpc) is 2.50.